The van der Waals surface area contributed by atoms with Crippen LogP contribution in [-0.4, -0.2) is 32.5 Å². The Hall–Kier alpha value is -1.79. The van der Waals surface area contributed by atoms with E-state index >= 15 is 0 Å². The van der Waals surface area contributed by atoms with Crippen LogP contribution < -0.4 is 0 Å². The van der Waals surface area contributed by atoms with Gasteiger partial charge in [0.15, 0.2) is 0 Å². The predicted molar refractivity (Wildman–Crippen MR) is 93.6 cm³/mol. The highest BCUT2D eigenvalue weighted by atomic mass is 19.2. The zero-order chi connectivity index (χ0) is 17.9. The molecule has 25 heavy (non-hydrogen) atoms. The summed E-state index contributed by atoms with van der Waals surface area (Å²) >= 11 is 0. The third kappa shape index (κ3) is 7.32. The summed E-state index contributed by atoms with van der Waals surface area (Å²) in [5.74, 6) is 0. The highest BCUT2D eigenvalue weighted by molar-refractivity contribution is 5.14. The van der Waals surface area contributed by atoms with Crippen molar-refractivity contribution in [2.45, 2.75) is 38.9 Å². The smallest absolute Gasteiger partial charge is 0.309 e. The molecule has 5 heteroatoms. The van der Waals surface area contributed by atoms with E-state index in [-0.39, 0.29) is 12.7 Å². The first kappa shape index (κ1) is 19.5. The molecule has 0 fully saturated rings. The van der Waals surface area contributed by atoms with Crippen molar-refractivity contribution in [1.82, 2.24) is 0 Å². The summed E-state index contributed by atoms with van der Waals surface area (Å²) in [6.45, 7) is 1.07. The topological polar surface area (TPSA) is 36.9 Å². The van der Waals surface area contributed by atoms with Gasteiger partial charge in [-0.1, -0.05) is 60.7 Å². The molecule has 2 aromatic rings. The van der Waals surface area contributed by atoms with E-state index in [4.69, 9.17) is 14.2 Å². The van der Waals surface area contributed by atoms with E-state index in [2.05, 4.69) is 4.74 Å². The van der Waals surface area contributed by atoms with E-state index in [1.165, 1.54) is 7.11 Å². The Balaban J connectivity index is 1.85. The highest BCUT2D eigenvalue weighted by Gasteiger charge is 2.23. The molecule has 0 heterocycles. The van der Waals surface area contributed by atoms with Gasteiger partial charge in [-0.15, -0.1) is 0 Å². The van der Waals surface area contributed by atoms with Gasteiger partial charge in [0.25, 0.3) is 0 Å². The first-order valence-corrected chi connectivity index (χ1v) is 8.28. The minimum Gasteiger partial charge on any atom is -0.374 e. The molecule has 136 valence electrons. The van der Waals surface area contributed by atoms with Crippen molar-refractivity contribution < 1.29 is 23.3 Å². The summed E-state index contributed by atoms with van der Waals surface area (Å²) in [5, 5.41) is 0. The van der Waals surface area contributed by atoms with Crippen LogP contribution >= 0.6 is 0 Å². The molecule has 0 aliphatic rings. The fourth-order valence-corrected chi connectivity index (χ4v) is 2.25. The van der Waals surface area contributed by atoms with Gasteiger partial charge >= 0.3 is 6.54 Å². The maximum absolute atomic E-state index is 13.5. The third-order valence-corrected chi connectivity index (χ3v) is 3.74. The van der Waals surface area contributed by atoms with Gasteiger partial charge in [0.1, 0.15) is 6.10 Å². The third-order valence-electron chi connectivity index (χ3n) is 3.74. The fourth-order valence-electron chi connectivity index (χ4n) is 2.25. The lowest BCUT2D eigenvalue weighted by molar-refractivity contribution is -0.254. The summed E-state index contributed by atoms with van der Waals surface area (Å²) < 4.78 is 34.8. The molecule has 0 N–H and O–H groups in total. The van der Waals surface area contributed by atoms with Crippen LogP contribution in [0.25, 0.3) is 0 Å². The molecule has 0 amide bonds. The minimum atomic E-state index is -1.81. The second-order valence-electron chi connectivity index (χ2n) is 5.69. The lowest BCUT2D eigenvalue weighted by atomic mass is 10.2. The van der Waals surface area contributed by atoms with Crippen molar-refractivity contribution in [2.24, 2.45) is 0 Å². The number of hydrogen-bond acceptors (Lipinski definition) is 4. The summed E-state index contributed by atoms with van der Waals surface area (Å²) in [7, 11) is 1.25. The van der Waals surface area contributed by atoms with Crippen LogP contribution in [0.15, 0.2) is 60.7 Å². The molecule has 0 radical (unpaired) electrons. The van der Waals surface area contributed by atoms with E-state index in [1.54, 1.807) is 0 Å². The molecule has 0 bridgehead atoms. The van der Waals surface area contributed by atoms with E-state index < -0.39 is 12.6 Å². The number of alkyl halides is 1. The van der Waals surface area contributed by atoms with E-state index in [9.17, 15) is 4.39 Å². The summed E-state index contributed by atoms with van der Waals surface area (Å²) in [6.07, 6.45) is -0.938. The average molecular weight is 348 g/mol. The second kappa shape index (κ2) is 10.9. The number of halogens is 1. The standard InChI is InChI=1S/C20H25FO4/c1-16(24-14-18-11-7-4-8-12-18)19(25-20(21)22-2)15-23-13-17-9-5-3-6-10-17/h3-12,16,19-20H,13-15H2,1-2H3/t16?,19-,20-/m1/s1. The molecule has 4 nitrogen and oxygen atoms in total. The molecule has 0 saturated heterocycles. The predicted octanol–water partition coefficient (Wildman–Crippen LogP) is 4.09. The van der Waals surface area contributed by atoms with E-state index in [0.717, 1.165) is 11.1 Å². The first-order chi connectivity index (χ1) is 12.2. The Morgan fingerprint density at radius 2 is 1.44 bits per heavy atom. The molecule has 2 rings (SSSR count). The van der Waals surface area contributed by atoms with Gasteiger partial charge in [-0.2, -0.15) is 4.39 Å². The average Bonchev–Trinajstić information content (AvgIpc) is 2.66. The summed E-state index contributed by atoms with van der Waals surface area (Å²) in [4.78, 5) is 0. The highest BCUT2D eigenvalue weighted by Crippen LogP contribution is 2.13. The van der Waals surface area contributed by atoms with Crippen LogP contribution in [0.1, 0.15) is 18.1 Å². The van der Waals surface area contributed by atoms with Crippen LogP contribution in [0.3, 0.4) is 0 Å². The fraction of sp³-hybridized carbons (Fsp3) is 0.400. The zero-order valence-electron chi connectivity index (χ0n) is 14.6. The first-order valence-electron chi connectivity index (χ1n) is 8.28. The van der Waals surface area contributed by atoms with Gasteiger partial charge < -0.3 is 18.9 Å². The second-order valence-corrected chi connectivity index (χ2v) is 5.69. The van der Waals surface area contributed by atoms with Crippen LogP contribution in [0.5, 0.6) is 0 Å². The Bertz CT molecular complexity index is 579. The van der Waals surface area contributed by atoms with Gasteiger partial charge in [-0.25, -0.2) is 0 Å². The van der Waals surface area contributed by atoms with Gasteiger partial charge in [-0.05, 0) is 18.1 Å². The molecule has 1 unspecified atom stereocenters. The summed E-state index contributed by atoms with van der Waals surface area (Å²) in [5.41, 5.74) is 2.09. The number of benzene rings is 2. The van der Waals surface area contributed by atoms with Gasteiger partial charge in [0.05, 0.1) is 25.9 Å². The monoisotopic (exact) mass is 348 g/mol. The van der Waals surface area contributed by atoms with E-state index in [1.807, 2.05) is 67.6 Å². The molecule has 0 aliphatic carbocycles. The Labute approximate surface area is 148 Å². The number of hydrogen-bond donors (Lipinski definition) is 0. The molecule has 0 spiro atoms. The van der Waals surface area contributed by atoms with Crippen LogP contribution in [-0.2, 0) is 32.2 Å². The lowest BCUT2D eigenvalue weighted by Crippen LogP contribution is -2.36. The zero-order valence-corrected chi connectivity index (χ0v) is 14.6. The Morgan fingerprint density at radius 1 is 0.880 bits per heavy atom. The van der Waals surface area contributed by atoms with Crippen LogP contribution in [0.2, 0.25) is 0 Å². The summed E-state index contributed by atoms with van der Waals surface area (Å²) in [6, 6.07) is 19.6. The van der Waals surface area contributed by atoms with Crippen molar-refractivity contribution in [2.75, 3.05) is 13.7 Å². The Kier molecular flexibility index (Phi) is 8.55. The molecular weight excluding hydrogens is 323 g/mol. The van der Waals surface area contributed by atoms with Crippen molar-refractivity contribution in [3.63, 3.8) is 0 Å². The maximum Gasteiger partial charge on any atom is 0.309 e. The molecule has 3 atom stereocenters. The number of methoxy groups -OCH3 is 1. The molecular formula is C20H25FO4. The van der Waals surface area contributed by atoms with Crippen molar-refractivity contribution >= 4 is 0 Å². The van der Waals surface area contributed by atoms with Crippen molar-refractivity contribution in [3.8, 4) is 0 Å². The molecule has 0 aliphatic heterocycles. The van der Waals surface area contributed by atoms with Gasteiger partial charge in [0, 0.05) is 7.11 Å². The molecule has 0 aromatic heterocycles. The largest absolute Gasteiger partial charge is 0.374 e. The quantitative estimate of drug-likeness (QED) is 0.573. The Morgan fingerprint density at radius 3 is 2.00 bits per heavy atom. The van der Waals surface area contributed by atoms with Crippen molar-refractivity contribution in [1.29, 1.82) is 0 Å². The SMILES string of the molecule is CO[C@@H](F)O[C@H](COCc1ccccc1)C(C)OCc1ccccc1. The maximum atomic E-state index is 13.5. The van der Waals surface area contributed by atoms with E-state index in [0.29, 0.717) is 13.2 Å². The number of ether oxygens (including phenoxy) is 4. The molecule has 2 aromatic carbocycles. The lowest BCUT2D eigenvalue weighted by Gasteiger charge is -2.25. The van der Waals surface area contributed by atoms with Gasteiger partial charge in [0.2, 0.25) is 0 Å². The minimum absolute atomic E-state index is 0.203. The van der Waals surface area contributed by atoms with Gasteiger partial charge in [-0.3, -0.25) is 0 Å². The van der Waals surface area contributed by atoms with Crippen molar-refractivity contribution in [3.05, 3.63) is 71.8 Å². The van der Waals surface area contributed by atoms with Crippen LogP contribution in [0, 0.1) is 0 Å². The normalized spacial score (nSPS) is 14.8. The number of rotatable bonds is 11. The van der Waals surface area contributed by atoms with Crippen LogP contribution in [0.4, 0.5) is 4.39 Å². The molecule has 0 saturated carbocycles.